The van der Waals surface area contributed by atoms with Crippen molar-refractivity contribution in [3.63, 3.8) is 0 Å². The molecule has 14 heavy (non-hydrogen) atoms. The summed E-state index contributed by atoms with van der Waals surface area (Å²) in [6.45, 7) is 0. The van der Waals surface area contributed by atoms with Crippen molar-refractivity contribution in [2.45, 2.75) is 25.3 Å². The van der Waals surface area contributed by atoms with E-state index in [1.807, 2.05) is 5.01 Å². The molecule has 0 aromatic heterocycles. The van der Waals surface area contributed by atoms with Crippen molar-refractivity contribution in [2.24, 2.45) is 0 Å². The van der Waals surface area contributed by atoms with E-state index >= 15 is 0 Å². The van der Waals surface area contributed by atoms with Crippen LogP contribution in [0.3, 0.4) is 0 Å². The Balaban J connectivity index is 2.22. The lowest BCUT2D eigenvalue weighted by Crippen LogP contribution is -2.35. The molecule has 1 atom stereocenters. The van der Waals surface area contributed by atoms with Gasteiger partial charge in [-0.1, -0.05) is 24.3 Å². The van der Waals surface area contributed by atoms with Crippen LogP contribution in [0.25, 0.3) is 0 Å². The van der Waals surface area contributed by atoms with E-state index in [2.05, 4.69) is 43.8 Å². The smallest absolute Gasteiger partial charge is 0.0467 e. The summed E-state index contributed by atoms with van der Waals surface area (Å²) >= 11 is 0. The van der Waals surface area contributed by atoms with Crippen LogP contribution < -0.4 is 5.43 Å². The van der Waals surface area contributed by atoms with Crippen molar-refractivity contribution in [1.82, 2.24) is 10.4 Å². The quantitative estimate of drug-likeness (QED) is 0.719. The molecule has 0 saturated heterocycles. The highest BCUT2D eigenvalue weighted by Gasteiger charge is 2.19. The number of hydrogen-bond donors (Lipinski definition) is 1. The van der Waals surface area contributed by atoms with E-state index in [0.717, 1.165) is 0 Å². The fraction of sp³-hybridized carbons (Fsp3) is 0.500. The minimum atomic E-state index is 0.509. The van der Waals surface area contributed by atoms with E-state index in [4.69, 9.17) is 0 Å². The van der Waals surface area contributed by atoms with Crippen LogP contribution in [0, 0.1) is 0 Å². The molecule has 1 N–H and O–H groups in total. The number of nitrogens with zero attached hydrogens (tertiary/aromatic N) is 1. The SMILES string of the molecule is CN(C)NC1CCCc2ccccc21. The van der Waals surface area contributed by atoms with Crippen molar-refractivity contribution < 1.29 is 0 Å². The summed E-state index contributed by atoms with van der Waals surface area (Å²) in [4.78, 5) is 0. The highest BCUT2D eigenvalue weighted by atomic mass is 15.5. The van der Waals surface area contributed by atoms with Gasteiger partial charge in [0.25, 0.3) is 0 Å². The molecule has 2 nitrogen and oxygen atoms in total. The van der Waals surface area contributed by atoms with E-state index in [9.17, 15) is 0 Å². The molecule has 0 amide bonds. The van der Waals surface area contributed by atoms with Crippen LogP contribution in [-0.4, -0.2) is 19.1 Å². The number of aryl methyl sites for hydroxylation is 1. The molecular formula is C12H18N2. The first-order valence-corrected chi connectivity index (χ1v) is 5.28. The molecule has 1 aliphatic carbocycles. The molecule has 1 unspecified atom stereocenters. The fourth-order valence-electron chi connectivity index (χ4n) is 2.20. The second kappa shape index (κ2) is 4.11. The van der Waals surface area contributed by atoms with Crippen LogP contribution in [-0.2, 0) is 6.42 Å². The zero-order valence-electron chi connectivity index (χ0n) is 8.96. The molecule has 1 aliphatic rings. The average Bonchev–Trinajstić information content (AvgIpc) is 2.18. The third kappa shape index (κ3) is 1.97. The van der Waals surface area contributed by atoms with E-state index in [1.165, 1.54) is 30.4 Å². The topological polar surface area (TPSA) is 15.3 Å². The highest BCUT2D eigenvalue weighted by molar-refractivity contribution is 5.31. The number of nitrogens with one attached hydrogen (secondary N) is 1. The molecule has 2 rings (SSSR count). The van der Waals surface area contributed by atoms with Crippen molar-refractivity contribution in [2.75, 3.05) is 14.1 Å². The molecular weight excluding hydrogens is 172 g/mol. The first-order valence-electron chi connectivity index (χ1n) is 5.28. The third-order valence-electron chi connectivity index (χ3n) is 2.78. The second-order valence-corrected chi connectivity index (χ2v) is 4.17. The summed E-state index contributed by atoms with van der Waals surface area (Å²) < 4.78 is 0. The first-order chi connectivity index (χ1) is 6.77. The molecule has 0 bridgehead atoms. The maximum absolute atomic E-state index is 3.47. The Labute approximate surface area is 85.9 Å². The van der Waals surface area contributed by atoms with Crippen LogP contribution in [0.5, 0.6) is 0 Å². The van der Waals surface area contributed by atoms with Gasteiger partial charge in [0.2, 0.25) is 0 Å². The zero-order chi connectivity index (χ0) is 9.97. The van der Waals surface area contributed by atoms with Gasteiger partial charge in [-0.3, -0.25) is 5.01 Å². The van der Waals surface area contributed by atoms with Crippen molar-refractivity contribution in [1.29, 1.82) is 0 Å². The largest absolute Gasteiger partial charge is 0.250 e. The van der Waals surface area contributed by atoms with Gasteiger partial charge in [0, 0.05) is 20.1 Å². The highest BCUT2D eigenvalue weighted by Crippen LogP contribution is 2.29. The normalized spacial score (nSPS) is 20.9. The maximum Gasteiger partial charge on any atom is 0.0467 e. The Morgan fingerprint density at radius 3 is 2.86 bits per heavy atom. The van der Waals surface area contributed by atoms with Gasteiger partial charge < -0.3 is 0 Å². The molecule has 0 aliphatic heterocycles. The summed E-state index contributed by atoms with van der Waals surface area (Å²) in [7, 11) is 4.11. The lowest BCUT2D eigenvalue weighted by molar-refractivity contribution is 0.228. The molecule has 0 saturated carbocycles. The monoisotopic (exact) mass is 190 g/mol. The molecule has 1 aromatic carbocycles. The van der Waals surface area contributed by atoms with Gasteiger partial charge in [-0.05, 0) is 30.4 Å². The van der Waals surface area contributed by atoms with Gasteiger partial charge in [0.05, 0.1) is 0 Å². The molecule has 2 heteroatoms. The van der Waals surface area contributed by atoms with Gasteiger partial charge in [-0.15, -0.1) is 0 Å². The average molecular weight is 190 g/mol. The Bertz CT molecular complexity index is 307. The first kappa shape index (κ1) is 9.69. The van der Waals surface area contributed by atoms with Crippen LogP contribution in [0.4, 0.5) is 0 Å². The standard InChI is InChI=1S/C12H18N2/c1-14(2)13-12-9-5-7-10-6-3-4-8-11(10)12/h3-4,6,8,12-13H,5,7,9H2,1-2H3. The van der Waals surface area contributed by atoms with Gasteiger partial charge in [0.1, 0.15) is 0 Å². The van der Waals surface area contributed by atoms with E-state index < -0.39 is 0 Å². The third-order valence-corrected chi connectivity index (χ3v) is 2.78. The summed E-state index contributed by atoms with van der Waals surface area (Å²) in [5, 5.41) is 2.05. The second-order valence-electron chi connectivity index (χ2n) is 4.17. The summed E-state index contributed by atoms with van der Waals surface area (Å²) in [5.41, 5.74) is 6.46. The molecule has 0 heterocycles. The predicted octanol–water partition coefficient (Wildman–Crippen LogP) is 2.13. The van der Waals surface area contributed by atoms with Crippen LogP contribution in [0.1, 0.15) is 30.0 Å². The minimum absolute atomic E-state index is 0.509. The van der Waals surface area contributed by atoms with Crippen molar-refractivity contribution >= 4 is 0 Å². The van der Waals surface area contributed by atoms with E-state index in [1.54, 1.807) is 0 Å². The fourth-order valence-corrected chi connectivity index (χ4v) is 2.20. The summed E-state index contributed by atoms with van der Waals surface area (Å²) in [6, 6.07) is 9.27. The predicted molar refractivity (Wildman–Crippen MR) is 58.9 cm³/mol. The Hall–Kier alpha value is -0.860. The maximum atomic E-state index is 3.47. The molecule has 0 fully saturated rings. The number of fused-ring (bicyclic) bond motifs is 1. The number of benzene rings is 1. The molecule has 1 aromatic rings. The Kier molecular flexibility index (Phi) is 2.85. The van der Waals surface area contributed by atoms with Gasteiger partial charge in [-0.2, -0.15) is 0 Å². The Morgan fingerprint density at radius 2 is 2.07 bits per heavy atom. The number of hydrogen-bond acceptors (Lipinski definition) is 2. The van der Waals surface area contributed by atoms with Gasteiger partial charge >= 0.3 is 0 Å². The Morgan fingerprint density at radius 1 is 1.29 bits per heavy atom. The molecule has 76 valence electrons. The summed E-state index contributed by atoms with van der Waals surface area (Å²) in [5.74, 6) is 0. The van der Waals surface area contributed by atoms with Crippen LogP contribution >= 0.6 is 0 Å². The van der Waals surface area contributed by atoms with E-state index in [0.29, 0.717) is 6.04 Å². The lowest BCUT2D eigenvalue weighted by atomic mass is 9.88. The van der Waals surface area contributed by atoms with Crippen LogP contribution in [0.15, 0.2) is 24.3 Å². The van der Waals surface area contributed by atoms with Crippen molar-refractivity contribution in [3.8, 4) is 0 Å². The lowest BCUT2D eigenvalue weighted by Gasteiger charge is -2.29. The van der Waals surface area contributed by atoms with Crippen LogP contribution in [0.2, 0.25) is 0 Å². The van der Waals surface area contributed by atoms with Crippen molar-refractivity contribution in [3.05, 3.63) is 35.4 Å². The summed E-state index contributed by atoms with van der Waals surface area (Å²) in [6.07, 6.45) is 3.78. The number of rotatable bonds is 2. The zero-order valence-corrected chi connectivity index (χ0v) is 8.96. The van der Waals surface area contributed by atoms with Gasteiger partial charge in [0.15, 0.2) is 0 Å². The number of hydrazine groups is 1. The minimum Gasteiger partial charge on any atom is -0.250 e. The van der Waals surface area contributed by atoms with Gasteiger partial charge in [-0.25, -0.2) is 5.43 Å². The molecule has 0 spiro atoms. The van der Waals surface area contributed by atoms with E-state index in [-0.39, 0.29) is 0 Å². The molecule has 0 radical (unpaired) electrons.